The lowest BCUT2D eigenvalue weighted by molar-refractivity contribution is 0.0746. The summed E-state index contributed by atoms with van der Waals surface area (Å²) in [6.07, 6.45) is 0. The summed E-state index contributed by atoms with van der Waals surface area (Å²) >= 11 is 12.4. The minimum Gasteiger partial charge on any atom is -0.367 e. The molecule has 4 aromatic rings. The summed E-state index contributed by atoms with van der Waals surface area (Å²) in [7, 11) is 0. The minimum absolute atomic E-state index is 0.136. The Bertz CT molecular complexity index is 1430. The normalized spacial score (nSPS) is 13.8. The number of halogens is 4. The number of amides is 1. The van der Waals surface area contributed by atoms with Crippen molar-refractivity contribution in [2.45, 2.75) is 6.92 Å². The molecule has 0 bridgehead atoms. The van der Waals surface area contributed by atoms with Crippen LogP contribution < -0.4 is 4.90 Å². The van der Waals surface area contributed by atoms with Crippen LogP contribution in [0.5, 0.6) is 0 Å². The monoisotopic (exact) mass is 525 g/mol. The van der Waals surface area contributed by atoms with Crippen LogP contribution in [0.1, 0.15) is 16.1 Å². The number of benzene rings is 3. The number of nitrogens with zero attached hydrogens (tertiary/aromatic N) is 3. The van der Waals surface area contributed by atoms with Gasteiger partial charge in [-0.15, -0.1) is 0 Å². The molecular weight excluding hydrogens is 503 g/mol. The van der Waals surface area contributed by atoms with Gasteiger partial charge in [-0.05, 0) is 55.0 Å². The number of hydrogen-bond acceptors (Lipinski definition) is 2. The Hall–Kier alpha value is -3.35. The third-order valence-corrected chi connectivity index (χ3v) is 7.10. The zero-order valence-corrected chi connectivity index (χ0v) is 21.0. The van der Waals surface area contributed by atoms with E-state index in [1.165, 1.54) is 12.1 Å². The zero-order valence-electron chi connectivity index (χ0n) is 19.5. The van der Waals surface area contributed by atoms with Gasteiger partial charge in [0.05, 0.1) is 27.7 Å². The molecule has 1 fully saturated rings. The van der Waals surface area contributed by atoms with Gasteiger partial charge in [0.25, 0.3) is 5.91 Å². The van der Waals surface area contributed by atoms with Gasteiger partial charge in [-0.2, -0.15) is 0 Å². The van der Waals surface area contributed by atoms with Gasteiger partial charge in [0.1, 0.15) is 11.6 Å². The van der Waals surface area contributed by atoms with E-state index in [2.05, 4.69) is 4.90 Å². The van der Waals surface area contributed by atoms with E-state index in [-0.39, 0.29) is 11.6 Å². The number of carbonyl (C=O) groups excluding carboxylic acids is 1. The first-order chi connectivity index (χ1) is 17.3. The molecule has 2 heterocycles. The standard InChI is InChI=1S/C28H23Cl2F2N3O/c1-18-22(28(36)34-14-12-33(13-15-34)25-5-3-2-4-23(25)30)17-27(19-6-8-20(29)9-7-19)35(18)26-11-10-21(31)16-24(26)32/h2-11,16-17H,12-15H2,1H3. The van der Waals surface area contributed by atoms with Gasteiger partial charge in [0.2, 0.25) is 0 Å². The van der Waals surface area contributed by atoms with E-state index < -0.39 is 11.6 Å². The predicted molar refractivity (Wildman–Crippen MR) is 140 cm³/mol. The van der Waals surface area contributed by atoms with Crippen LogP contribution in [-0.2, 0) is 0 Å². The second kappa shape index (κ2) is 9.96. The molecule has 0 N–H and O–H groups in total. The molecule has 0 spiro atoms. The quantitative estimate of drug-likeness (QED) is 0.287. The second-order valence-corrected chi connectivity index (χ2v) is 9.54. The van der Waals surface area contributed by atoms with Crippen molar-refractivity contribution in [1.82, 2.24) is 9.47 Å². The second-order valence-electron chi connectivity index (χ2n) is 8.70. The number of piperazine rings is 1. The van der Waals surface area contributed by atoms with Gasteiger partial charge in [-0.3, -0.25) is 4.79 Å². The first-order valence-electron chi connectivity index (χ1n) is 11.6. The Labute approximate surface area is 218 Å². The van der Waals surface area contributed by atoms with Crippen LogP contribution in [-0.4, -0.2) is 41.6 Å². The molecule has 3 aromatic carbocycles. The van der Waals surface area contributed by atoms with E-state index in [0.29, 0.717) is 53.2 Å². The van der Waals surface area contributed by atoms with Gasteiger partial charge in [-0.1, -0.05) is 47.5 Å². The van der Waals surface area contributed by atoms with Gasteiger partial charge in [-0.25, -0.2) is 8.78 Å². The van der Waals surface area contributed by atoms with Crippen LogP contribution in [0.25, 0.3) is 16.9 Å². The molecule has 1 aliphatic rings. The molecule has 1 amide bonds. The molecular formula is C28H23Cl2F2N3O. The summed E-state index contributed by atoms with van der Waals surface area (Å²) in [5.74, 6) is -1.51. The average molecular weight is 526 g/mol. The third-order valence-electron chi connectivity index (χ3n) is 6.53. The van der Waals surface area contributed by atoms with Crippen molar-refractivity contribution < 1.29 is 13.6 Å². The molecule has 0 unspecified atom stereocenters. The maximum Gasteiger partial charge on any atom is 0.255 e. The SMILES string of the molecule is Cc1c(C(=O)N2CCN(c3ccccc3Cl)CC2)cc(-c2ccc(Cl)cc2)n1-c1ccc(F)cc1F. The number of rotatable bonds is 4. The molecule has 8 heteroatoms. The Morgan fingerprint density at radius 1 is 0.833 bits per heavy atom. The van der Waals surface area contributed by atoms with Crippen molar-refractivity contribution >= 4 is 34.8 Å². The van der Waals surface area contributed by atoms with Crippen molar-refractivity contribution in [2.24, 2.45) is 0 Å². The third kappa shape index (κ3) is 4.59. The maximum atomic E-state index is 14.9. The van der Waals surface area contributed by atoms with Crippen molar-refractivity contribution in [3.63, 3.8) is 0 Å². The Balaban J connectivity index is 1.49. The molecule has 36 heavy (non-hydrogen) atoms. The van der Waals surface area contributed by atoms with Crippen LogP contribution in [0.15, 0.2) is 72.8 Å². The number of para-hydroxylation sites is 1. The molecule has 1 aliphatic heterocycles. The van der Waals surface area contributed by atoms with Gasteiger partial charge < -0.3 is 14.4 Å². The first-order valence-corrected chi connectivity index (χ1v) is 12.3. The first kappa shape index (κ1) is 24.3. The highest BCUT2D eigenvalue weighted by molar-refractivity contribution is 6.33. The largest absolute Gasteiger partial charge is 0.367 e. The predicted octanol–water partition coefficient (Wildman–Crippen LogP) is 7.00. The lowest BCUT2D eigenvalue weighted by atomic mass is 10.1. The summed E-state index contributed by atoms with van der Waals surface area (Å²) in [5, 5.41) is 1.24. The summed E-state index contributed by atoms with van der Waals surface area (Å²) in [6, 6.07) is 20.0. The van der Waals surface area contributed by atoms with Crippen LogP contribution >= 0.6 is 23.2 Å². The lowest BCUT2D eigenvalue weighted by Gasteiger charge is -2.36. The molecule has 0 atom stereocenters. The number of hydrogen-bond donors (Lipinski definition) is 0. The van der Waals surface area contributed by atoms with E-state index in [0.717, 1.165) is 17.3 Å². The zero-order chi connectivity index (χ0) is 25.4. The highest BCUT2D eigenvalue weighted by Crippen LogP contribution is 2.33. The molecule has 1 aromatic heterocycles. The Kier molecular flexibility index (Phi) is 6.73. The highest BCUT2D eigenvalue weighted by Gasteiger charge is 2.28. The maximum absolute atomic E-state index is 14.9. The number of aromatic nitrogens is 1. The number of anilines is 1. The van der Waals surface area contributed by atoms with Crippen molar-refractivity contribution in [3.05, 3.63) is 106 Å². The van der Waals surface area contributed by atoms with Gasteiger partial charge >= 0.3 is 0 Å². The molecule has 0 saturated carbocycles. The van der Waals surface area contributed by atoms with E-state index in [9.17, 15) is 13.6 Å². The van der Waals surface area contributed by atoms with Crippen molar-refractivity contribution in [2.75, 3.05) is 31.1 Å². The minimum atomic E-state index is -0.712. The summed E-state index contributed by atoms with van der Waals surface area (Å²) in [6.45, 7) is 4.11. The molecule has 0 aliphatic carbocycles. The summed E-state index contributed by atoms with van der Waals surface area (Å²) < 4.78 is 30.2. The fraction of sp³-hybridized carbons (Fsp3) is 0.179. The van der Waals surface area contributed by atoms with E-state index in [4.69, 9.17) is 23.2 Å². The topological polar surface area (TPSA) is 28.5 Å². The Morgan fingerprint density at radius 2 is 1.53 bits per heavy atom. The highest BCUT2D eigenvalue weighted by atomic mass is 35.5. The molecule has 1 saturated heterocycles. The molecule has 0 radical (unpaired) electrons. The van der Waals surface area contributed by atoms with E-state index in [1.807, 2.05) is 36.4 Å². The van der Waals surface area contributed by atoms with E-state index >= 15 is 0 Å². The van der Waals surface area contributed by atoms with Crippen LogP contribution in [0.3, 0.4) is 0 Å². The van der Waals surface area contributed by atoms with Crippen LogP contribution in [0.2, 0.25) is 10.0 Å². The molecule has 4 nitrogen and oxygen atoms in total. The smallest absolute Gasteiger partial charge is 0.255 e. The molecule has 5 rings (SSSR count). The van der Waals surface area contributed by atoms with Crippen LogP contribution in [0, 0.1) is 18.6 Å². The van der Waals surface area contributed by atoms with Gasteiger partial charge in [0.15, 0.2) is 0 Å². The fourth-order valence-electron chi connectivity index (χ4n) is 4.66. The van der Waals surface area contributed by atoms with Crippen LogP contribution in [0.4, 0.5) is 14.5 Å². The van der Waals surface area contributed by atoms with E-state index in [1.54, 1.807) is 34.6 Å². The summed E-state index contributed by atoms with van der Waals surface area (Å²) in [4.78, 5) is 17.6. The van der Waals surface area contributed by atoms with Crippen molar-refractivity contribution in [3.8, 4) is 16.9 Å². The van der Waals surface area contributed by atoms with Crippen molar-refractivity contribution in [1.29, 1.82) is 0 Å². The lowest BCUT2D eigenvalue weighted by Crippen LogP contribution is -2.49. The summed E-state index contributed by atoms with van der Waals surface area (Å²) in [5.41, 5.74) is 3.53. The Morgan fingerprint density at radius 3 is 2.19 bits per heavy atom. The van der Waals surface area contributed by atoms with Gasteiger partial charge in [0, 0.05) is 43.0 Å². The molecule has 184 valence electrons. The average Bonchev–Trinajstić information content (AvgIpc) is 3.21. The fourth-order valence-corrected chi connectivity index (χ4v) is 5.04. The number of carbonyl (C=O) groups is 1.